The molecule has 0 aliphatic heterocycles. The molecule has 146 valence electrons. The molecule has 0 bridgehead atoms. The van der Waals surface area contributed by atoms with Crippen molar-refractivity contribution in [1.82, 2.24) is 24.6 Å². The number of amides is 1. The molecule has 0 saturated carbocycles. The van der Waals surface area contributed by atoms with Gasteiger partial charge in [0.25, 0.3) is 11.7 Å². The first-order valence-electron chi connectivity index (χ1n) is 8.45. The summed E-state index contributed by atoms with van der Waals surface area (Å²) in [4.78, 5) is 32.1. The van der Waals surface area contributed by atoms with Crippen molar-refractivity contribution < 1.29 is 19.1 Å². The molecule has 1 amide bonds. The van der Waals surface area contributed by atoms with Gasteiger partial charge in [-0.15, -0.1) is 16.6 Å². The monoisotopic (exact) mass is 402 g/mol. The van der Waals surface area contributed by atoms with Crippen LogP contribution in [-0.2, 0) is 0 Å². The van der Waals surface area contributed by atoms with Gasteiger partial charge in [0.2, 0.25) is 0 Å². The standard InChI is InChI=1S/C20H11FN6O3/c1-2-11-9-16(13(19(29)30)10-14(11)21)23-18(28)15-5-8-27-17(25-26-20(27)24-15)12-3-6-22-7-4-12/h1,3-10H,(H,23,28)(H,29,30). The third kappa shape index (κ3) is 3.31. The molecule has 30 heavy (non-hydrogen) atoms. The number of carboxylic acid groups (broad SMARTS) is 1. The average molecular weight is 402 g/mol. The van der Waals surface area contributed by atoms with Crippen LogP contribution in [0.3, 0.4) is 0 Å². The van der Waals surface area contributed by atoms with Crippen molar-refractivity contribution in [2.24, 2.45) is 0 Å². The number of carboxylic acids is 1. The van der Waals surface area contributed by atoms with Gasteiger partial charge >= 0.3 is 5.97 Å². The van der Waals surface area contributed by atoms with Gasteiger partial charge < -0.3 is 10.4 Å². The van der Waals surface area contributed by atoms with Crippen molar-refractivity contribution in [2.75, 3.05) is 5.32 Å². The van der Waals surface area contributed by atoms with Crippen LogP contribution in [0.2, 0.25) is 0 Å². The molecule has 0 radical (unpaired) electrons. The van der Waals surface area contributed by atoms with Gasteiger partial charge in [-0.1, -0.05) is 5.92 Å². The molecule has 2 N–H and O–H groups in total. The number of terminal acetylenes is 1. The molecule has 0 unspecified atom stereocenters. The SMILES string of the molecule is C#Cc1cc(NC(=O)c2ccn3c(-c4ccncc4)nnc3n2)c(C(=O)O)cc1F. The molecule has 0 fully saturated rings. The van der Waals surface area contributed by atoms with E-state index in [1.54, 1.807) is 35.1 Å². The molecule has 10 heteroatoms. The summed E-state index contributed by atoms with van der Waals surface area (Å²) in [7, 11) is 0. The summed E-state index contributed by atoms with van der Waals surface area (Å²) in [5.74, 6) is -0.245. The predicted octanol–water partition coefficient (Wildman–Crippen LogP) is 2.26. The molecule has 9 nitrogen and oxygen atoms in total. The third-order valence-corrected chi connectivity index (χ3v) is 4.19. The van der Waals surface area contributed by atoms with Gasteiger partial charge in [-0.3, -0.25) is 14.2 Å². The van der Waals surface area contributed by atoms with Crippen LogP contribution in [0, 0.1) is 18.2 Å². The normalized spacial score (nSPS) is 10.5. The second-order valence-electron chi connectivity index (χ2n) is 6.02. The van der Waals surface area contributed by atoms with Crippen LogP contribution in [0.25, 0.3) is 17.2 Å². The Morgan fingerprint density at radius 2 is 1.93 bits per heavy atom. The molecule has 4 rings (SSSR count). The van der Waals surface area contributed by atoms with Crippen molar-refractivity contribution in [1.29, 1.82) is 0 Å². The van der Waals surface area contributed by atoms with Crippen LogP contribution in [-0.4, -0.2) is 41.5 Å². The number of hydrogen-bond acceptors (Lipinski definition) is 6. The van der Waals surface area contributed by atoms with Crippen LogP contribution in [0.15, 0.2) is 48.9 Å². The fourth-order valence-corrected chi connectivity index (χ4v) is 2.76. The Bertz CT molecular complexity index is 1340. The van der Waals surface area contributed by atoms with Crippen molar-refractivity contribution in [3.8, 4) is 23.7 Å². The first kappa shape index (κ1) is 18.7. The fraction of sp³-hybridized carbons (Fsp3) is 0. The summed E-state index contributed by atoms with van der Waals surface area (Å²) < 4.78 is 15.4. The lowest BCUT2D eigenvalue weighted by Gasteiger charge is -2.10. The lowest BCUT2D eigenvalue weighted by molar-refractivity contribution is 0.0697. The maximum Gasteiger partial charge on any atom is 0.337 e. The number of halogens is 1. The average Bonchev–Trinajstić information content (AvgIpc) is 3.18. The lowest BCUT2D eigenvalue weighted by Crippen LogP contribution is -2.17. The zero-order valence-corrected chi connectivity index (χ0v) is 15.1. The van der Waals surface area contributed by atoms with Crippen molar-refractivity contribution in [3.05, 3.63) is 71.6 Å². The fourth-order valence-electron chi connectivity index (χ4n) is 2.76. The molecule has 3 heterocycles. The molecule has 0 aliphatic rings. The number of carbonyl (C=O) groups is 2. The summed E-state index contributed by atoms with van der Waals surface area (Å²) in [6.45, 7) is 0. The number of nitrogens with zero attached hydrogens (tertiary/aromatic N) is 5. The minimum absolute atomic E-state index is 0.0425. The Morgan fingerprint density at radius 1 is 1.17 bits per heavy atom. The number of carbonyl (C=O) groups excluding carboxylic acids is 1. The van der Waals surface area contributed by atoms with E-state index in [1.165, 1.54) is 6.07 Å². The van der Waals surface area contributed by atoms with Gasteiger partial charge in [-0.2, -0.15) is 0 Å². The van der Waals surface area contributed by atoms with Crippen LogP contribution >= 0.6 is 0 Å². The Hall–Kier alpha value is -4.65. The molecule has 0 aliphatic carbocycles. The lowest BCUT2D eigenvalue weighted by atomic mass is 10.1. The molecule has 0 atom stereocenters. The van der Waals surface area contributed by atoms with Crippen LogP contribution in [0.1, 0.15) is 26.4 Å². The van der Waals surface area contributed by atoms with Gasteiger partial charge in [0.05, 0.1) is 16.8 Å². The quantitative estimate of drug-likeness (QED) is 0.502. The van der Waals surface area contributed by atoms with Gasteiger partial charge in [-0.05, 0) is 30.3 Å². The highest BCUT2D eigenvalue weighted by atomic mass is 19.1. The van der Waals surface area contributed by atoms with Crippen molar-refractivity contribution in [2.45, 2.75) is 0 Å². The number of aromatic nitrogens is 5. The summed E-state index contributed by atoms with van der Waals surface area (Å²) in [6, 6.07) is 6.75. The number of anilines is 1. The predicted molar refractivity (Wildman–Crippen MR) is 103 cm³/mol. The zero-order valence-electron chi connectivity index (χ0n) is 15.1. The van der Waals surface area contributed by atoms with Gasteiger partial charge in [0.15, 0.2) is 5.82 Å². The summed E-state index contributed by atoms with van der Waals surface area (Å²) in [6.07, 6.45) is 9.99. The summed E-state index contributed by atoms with van der Waals surface area (Å²) in [5, 5.41) is 19.7. The highest BCUT2D eigenvalue weighted by molar-refractivity contribution is 6.07. The molecular weight excluding hydrogens is 391 g/mol. The number of rotatable bonds is 4. The smallest absolute Gasteiger partial charge is 0.337 e. The summed E-state index contributed by atoms with van der Waals surface area (Å²) >= 11 is 0. The van der Waals surface area contributed by atoms with Crippen LogP contribution < -0.4 is 5.32 Å². The number of nitrogens with one attached hydrogen (secondary N) is 1. The van der Waals surface area contributed by atoms with E-state index in [4.69, 9.17) is 6.42 Å². The molecule has 4 aromatic rings. The summed E-state index contributed by atoms with van der Waals surface area (Å²) in [5.41, 5.74) is -0.0566. The van der Waals surface area contributed by atoms with Gasteiger partial charge in [0, 0.05) is 24.2 Å². The van der Waals surface area contributed by atoms with E-state index in [1.807, 2.05) is 0 Å². The molecule has 0 saturated heterocycles. The number of benzene rings is 1. The Balaban J connectivity index is 1.68. The highest BCUT2D eigenvalue weighted by Gasteiger charge is 2.19. The molecule has 0 spiro atoms. The molecule has 3 aromatic heterocycles. The zero-order chi connectivity index (χ0) is 21.3. The minimum atomic E-state index is -1.42. The van der Waals surface area contributed by atoms with Gasteiger partial charge in [-0.25, -0.2) is 14.2 Å². The first-order chi connectivity index (χ1) is 14.5. The number of pyridine rings is 1. The van der Waals surface area contributed by atoms with E-state index in [2.05, 4.69) is 31.4 Å². The van der Waals surface area contributed by atoms with E-state index in [9.17, 15) is 19.1 Å². The van der Waals surface area contributed by atoms with E-state index < -0.39 is 23.3 Å². The molecular formula is C20H11FN6O3. The number of hydrogen-bond donors (Lipinski definition) is 2. The van der Waals surface area contributed by atoms with Crippen LogP contribution in [0.4, 0.5) is 10.1 Å². The van der Waals surface area contributed by atoms with Gasteiger partial charge in [0.1, 0.15) is 11.5 Å². The Kier molecular flexibility index (Phi) is 4.61. The largest absolute Gasteiger partial charge is 0.478 e. The maximum absolute atomic E-state index is 13.8. The van der Waals surface area contributed by atoms with Crippen molar-refractivity contribution in [3.63, 3.8) is 0 Å². The number of fused-ring (bicyclic) bond motifs is 1. The second-order valence-corrected chi connectivity index (χ2v) is 6.02. The van der Waals surface area contributed by atoms with E-state index >= 15 is 0 Å². The minimum Gasteiger partial charge on any atom is -0.478 e. The molecule has 1 aromatic carbocycles. The third-order valence-electron chi connectivity index (χ3n) is 4.19. The van der Waals surface area contributed by atoms with E-state index in [-0.39, 0.29) is 22.7 Å². The second kappa shape index (κ2) is 7.40. The van der Waals surface area contributed by atoms with Crippen molar-refractivity contribution >= 4 is 23.3 Å². The van der Waals surface area contributed by atoms with E-state index in [0.29, 0.717) is 5.82 Å². The van der Waals surface area contributed by atoms with E-state index in [0.717, 1.165) is 17.7 Å². The highest BCUT2D eigenvalue weighted by Crippen LogP contribution is 2.22. The number of aromatic carboxylic acids is 1. The Labute approximate surface area is 168 Å². The maximum atomic E-state index is 13.8. The Morgan fingerprint density at radius 3 is 2.63 bits per heavy atom. The topological polar surface area (TPSA) is 122 Å². The van der Waals surface area contributed by atoms with Crippen LogP contribution in [0.5, 0.6) is 0 Å². The first-order valence-corrected chi connectivity index (χ1v) is 8.45.